The van der Waals surface area contributed by atoms with Gasteiger partial charge >= 0.3 is 18.9 Å². The number of halogens is 14. The number of alkyl halides is 6. The van der Waals surface area contributed by atoms with Crippen LogP contribution in [0.2, 0.25) is 20.1 Å². The smallest absolute Gasteiger partial charge is 0.454 e. The van der Waals surface area contributed by atoms with Crippen molar-refractivity contribution in [2.45, 2.75) is 32.7 Å². The molecule has 0 bridgehead atoms. The Morgan fingerprint density at radius 3 is 0.866 bits per heavy atom. The largest absolute Gasteiger partial charge is 0.586 e. The minimum atomic E-state index is -3.71. The Balaban J connectivity index is 0.000000122. The zero-order chi connectivity index (χ0) is 94.4. The summed E-state index contributed by atoms with van der Waals surface area (Å²) < 4.78 is 151. The van der Waals surface area contributed by atoms with Crippen molar-refractivity contribution >= 4 is 175 Å². The second kappa shape index (κ2) is 40.2. The summed E-state index contributed by atoms with van der Waals surface area (Å²) in [7, 11) is 0. The zero-order valence-electron chi connectivity index (χ0n) is 68.4. The highest BCUT2D eigenvalue weighted by atomic mass is 79.9. The molecule has 0 atom stereocenters. The normalized spacial score (nSPS) is 13.3. The third-order valence-electron chi connectivity index (χ3n) is 19.9. The van der Waals surface area contributed by atoms with E-state index >= 15 is 0 Å². The van der Waals surface area contributed by atoms with Gasteiger partial charge < -0.3 is 74.0 Å². The van der Waals surface area contributed by atoms with Crippen LogP contribution in [0.4, 0.5) is 59.2 Å². The van der Waals surface area contributed by atoms with E-state index in [0.717, 1.165) is 82.5 Å². The van der Waals surface area contributed by atoms with Gasteiger partial charge in [0.15, 0.2) is 57.5 Å². The third kappa shape index (κ3) is 22.2. The van der Waals surface area contributed by atoms with Gasteiger partial charge in [-0.05, 0) is 238 Å². The lowest BCUT2D eigenvalue weighted by Crippen LogP contribution is -2.25. The van der Waals surface area contributed by atoms with Gasteiger partial charge in [0.25, 0.3) is 29.5 Å². The molecule has 5 aliphatic rings. The van der Waals surface area contributed by atoms with Crippen molar-refractivity contribution in [2.24, 2.45) is 0 Å². The summed E-state index contributed by atoms with van der Waals surface area (Å²) in [5, 5.41) is 15.1. The van der Waals surface area contributed by atoms with E-state index in [-0.39, 0.29) is 87.3 Å². The molecule has 13 aromatic carbocycles. The van der Waals surface area contributed by atoms with E-state index in [0.29, 0.717) is 103 Å². The van der Waals surface area contributed by atoms with Crippen molar-refractivity contribution < 1.29 is 102 Å². The van der Waals surface area contributed by atoms with Crippen LogP contribution in [-0.4, -0.2) is 70.8 Å². The van der Waals surface area contributed by atoms with Crippen molar-refractivity contribution in [1.29, 1.82) is 0 Å². The van der Waals surface area contributed by atoms with Crippen molar-refractivity contribution in [3.8, 4) is 113 Å². The van der Waals surface area contributed by atoms with Gasteiger partial charge in [-0.25, -0.2) is 13.1 Å². The first-order valence-electron chi connectivity index (χ1n) is 39.3. The number of carbonyl (C=O) groups excluding carboxylic acids is 5. The SMILES string of the molecule is Cc1cnsc1C(=O)Nc1ccc(-c2cc3c(cc2Br)OC(F)(F)O3)cc1.Cc1cnsc1C(=O)Nc1ccc(-c2cc3c(cc2Cl)OC(F)(F)O3)cc1.O=C(Nc1ccc(-c2cc3c(cc2Br)OCO3)cc1)c1ccccc1Cl.O=C(Nc1ccc(-c2cc3c(cc2Br)OCO3)cc1)c1ccccc1F.O=C(Nc1ccc(-c2cc3c(cc2Cl)OC(F)(F)O3)cc1)c1ccccc1Cl. The summed E-state index contributed by atoms with van der Waals surface area (Å²) in [6.45, 7) is 4.08. The quantitative estimate of drug-likeness (QED) is 0.0597. The van der Waals surface area contributed by atoms with Crippen LogP contribution in [0.3, 0.4) is 0 Å². The number of benzene rings is 13. The number of aryl methyl sites for hydroxylation is 2. The first-order valence-corrected chi connectivity index (χ1v) is 44.8. The lowest BCUT2D eigenvalue weighted by Gasteiger charge is -2.09. The molecule has 0 radical (unpaired) electrons. The summed E-state index contributed by atoms with van der Waals surface area (Å²) in [6, 6.07) is 70.8. The van der Waals surface area contributed by atoms with Crippen molar-refractivity contribution in [2.75, 3.05) is 40.2 Å². The number of aromatic nitrogens is 2. The number of hydrogen-bond donors (Lipinski definition) is 5. The number of rotatable bonds is 15. The molecule has 2 aromatic heterocycles. The number of hydrogen-bond acceptors (Lipinski definition) is 19. The van der Waals surface area contributed by atoms with Crippen LogP contribution >= 0.6 is 117 Å². The maximum absolute atomic E-state index is 13.7. The molecule has 5 N–H and O–H groups in total. The topological polar surface area (TPSA) is 264 Å². The average molecular weight is 2130 g/mol. The van der Waals surface area contributed by atoms with E-state index in [1.165, 1.54) is 48.5 Å². The van der Waals surface area contributed by atoms with Gasteiger partial charge in [-0.2, -0.15) is 0 Å². The van der Waals surface area contributed by atoms with Crippen LogP contribution < -0.4 is 74.0 Å². The minimum Gasteiger partial charge on any atom is -0.454 e. The highest BCUT2D eigenvalue weighted by molar-refractivity contribution is 9.11. The van der Waals surface area contributed by atoms with Crippen molar-refractivity contribution in [3.05, 3.63) is 344 Å². The lowest BCUT2D eigenvalue weighted by molar-refractivity contribution is -0.287. The van der Waals surface area contributed by atoms with Crippen molar-refractivity contribution in [3.63, 3.8) is 0 Å². The molecule has 0 spiro atoms. The molecule has 20 rings (SSSR count). The summed E-state index contributed by atoms with van der Waals surface area (Å²) in [5.41, 5.74) is 13.0. The van der Waals surface area contributed by atoms with E-state index < -0.39 is 30.6 Å². The summed E-state index contributed by atoms with van der Waals surface area (Å²) >= 11 is 37.2. The summed E-state index contributed by atoms with van der Waals surface area (Å²) in [6.07, 6.45) is -7.80. The fourth-order valence-electron chi connectivity index (χ4n) is 13.4. The number of carbonyl (C=O) groups is 5. The number of amides is 5. The number of anilines is 5. The summed E-state index contributed by atoms with van der Waals surface area (Å²) in [4.78, 5) is 62.4. The molecule has 5 amide bonds. The molecule has 38 heteroatoms. The van der Waals surface area contributed by atoms with Gasteiger partial charge in [-0.3, -0.25) is 24.0 Å². The highest BCUT2D eigenvalue weighted by Crippen LogP contribution is 2.51. The Morgan fingerprint density at radius 1 is 0.313 bits per heavy atom. The molecule has 0 unspecified atom stereocenters. The van der Waals surface area contributed by atoms with E-state index in [2.05, 4.69) is 112 Å². The molecule has 0 saturated heterocycles. The minimum absolute atomic E-state index is 0.00934. The molecular formula is C96H59Br3Cl4F7N7O15S2. The van der Waals surface area contributed by atoms with Crippen LogP contribution in [0.1, 0.15) is 61.5 Å². The number of fused-ring (bicyclic) bond motifs is 5. The first kappa shape index (κ1) is 93.8. The number of nitrogens with zero attached hydrogens (tertiary/aromatic N) is 2. The van der Waals surface area contributed by atoms with Crippen LogP contribution in [0.15, 0.2) is 281 Å². The second-order valence-electron chi connectivity index (χ2n) is 29.0. The van der Waals surface area contributed by atoms with Crippen LogP contribution in [-0.2, 0) is 0 Å². The second-order valence-corrected chi connectivity index (χ2v) is 34.8. The molecule has 0 saturated carbocycles. The number of nitrogens with one attached hydrogen (secondary N) is 5. The molecule has 7 heterocycles. The molecular weight excluding hydrogens is 2070 g/mol. The Hall–Kier alpha value is -13.4. The summed E-state index contributed by atoms with van der Waals surface area (Å²) in [5.74, 6) is 0.271. The maximum atomic E-state index is 13.7. The predicted octanol–water partition coefficient (Wildman–Crippen LogP) is 28.0. The fourth-order valence-corrected chi connectivity index (χ4v) is 17.4. The molecule has 134 heavy (non-hydrogen) atoms. The van der Waals surface area contributed by atoms with E-state index in [4.69, 9.17) is 65.4 Å². The Bertz CT molecular complexity index is 6740. The highest BCUT2D eigenvalue weighted by Gasteiger charge is 2.46. The van der Waals surface area contributed by atoms with Gasteiger partial charge in [0, 0.05) is 77.5 Å². The van der Waals surface area contributed by atoms with E-state index in [9.17, 15) is 54.7 Å². The predicted molar refractivity (Wildman–Crippen MR) is 506 cm³/mol. The maximum Gasteiger partial charge on any atom is 0.586 e. The van der Waals surface area contributed by atoms with Crippen LogP contribution in [0, 0.1) is 19.7 Å². The van der Waals surface area contributed by atoms with Gasteiger partial charge in [-0.1, -0.05) is 191 Å². The zero-order valence-corrected chi connectivity index (χ0v) is 77.9. The Kier molecular flexibility index (Phi) is 28.1. The van der Waals surface area contributed by atoms with Crippen LogP contribution in [0.25, 0.3) is 55.6 Å². The molecule has 15 aromatic rings. The molecule has 678 valence electrons. The van der Waals surface area contributed by atoms with Gasteiger partial charge in [0.1, 0.15) is 15.6 Å². The van der Waals surface area contributed by atoms with Gasteiger partial charge in [0.2, 0.25) is 13.6 Å². The molecule has 22 nitrogen and oxygen atoms in total. The van der Waals surface area contributed by atoms with Gasteiger partial charge in [0.05, 0.1) is 36.8 Å². The monoisotopic (exact) mass is 2120 g/mol. The van der Waals surface area contributed by atoms with Crippen LogP contribution in [0.5, 0.6) is 57.5 Å². The average Bonchev–Trinajstić information content (AvgIpc) is 1.65. The van der Waals surface area contributed by atoms with E-state index in [1.807, 2.05) is 74.5 Å². The van der Waals surface area contributed by atoms with Crippen molar-refractivity contribution in [1.82, 2.24) is 8.75 Å². The Morgan fingerprint density at radius 2 is 0.560 bits per heavy atom. The molecule has 5 aliphatic heterocycles. The lowest BCUT2D eigenvalue weighted by atomic mass is 10.0. The van der Waals surface area contributed by atoms with E-state index in [1.54, 1.807) is 158 Å². The fraction of sp³-hybridized carbons (Fsp3) is 0.0729. The first-order chi connectivity index (χ1) is 64.2. The molecule has 0 aliphatic carbocycles. The number of ether oxygens (including phenoxy) is 10. The standard InChI is InChI=1S/C20H13BrClNO3.C20H13BrFNO3.C20H11Cl2F2NO3.C18H11BrF2N2O3S.C18H11ClF2N2O3S/c2*21-16-10-19-18(25-11-26-19)9-15(16)12-5-7-13(8-6-12)23-20(24)14-3-1-2-4-17(14)22;21-15-4-2-1-3-13(15)19(26)25-12-7-5-11(6-8-12)14-9-17-18(10-16(14)22)28-20(23,24)27-17;2*1-9-8-22-27-16(9)17(24)23-11-4-2-10(3-5-11)12-6-14-15(7-13(12)19)26-18(20,21)25-14/h2*1-10H,11H2,(H,23,24);1-10H,(H,25,26);2*2-8H,1H3,(H,23,24). The molecule has 0 fully saturated rings. The van der Waals surface area contributed by atoms with Gasteiger partial charge in [-0.15, -0.1) is 26.3 Å². The Labute approximate surface area is 809 Å². The third-order valence-corrected chi connectivity index (χ3v) is 25.0.